The number of benzene rings is 1. The summed E-state index contributed by atoms with van der Waals surface area (Å²) in [6.45, 7) is 1.88. The molecule has 0 spiro atoms. The Hall–Kier alpha value is -3.41. The number of hydrogen-bond acceptors (Lipinski definition) is 6. The normalized spacial score (nSPS) is 14.9. The first kappa shape index (κ1) is 23.7. The predicted molar refractivity (Wildman–Crippen MR) is 112 cm³/mol. The van der Waals surface area contributed by atoms with Gasteiger partial charge < -0.3 is 14.9 Å². The number of alkyl halides is 2. The average molecular weight is 498 g/mol. The fourth-order valence-electron chi connectivity index (χ4n) is 3.55. The molecular formula is C21H19ClF3N5O4. The molecule has 2 heterocycles. The number of carbonyl (C=O) groups is 2. The minimum absolute atomic E-state index is 0.0830. The number of carbonyl (C=O) groups excluding carboxylic acids is 1. The zero-order valence-corrected chi connectivity index (χ0v) is 18.7. The van der Waals surface area contributed by atoms with Crippen LogP contribution in [0, 0.1) is 5.82 Å². The molecule has 3 aromatic rings. The van der Waals surface area contributed by atoms with Crippen LogP contribution in [0.1, 0.15) is 50.2 Å². The SMILES string of the molecule is CC(C)(NC(=O)Cn1nc(-c2nc(C3(c4ccc(F)cc4Cl)CC3)no2)cc1C(F)F)C(=O)O. The molecule has 0 radical (unpaired) electrons. The Labute approximate surface area is 195 Å². The Kier molecular flexibility index (Phi) is 5.88. The van der Waals surface area contributed by atoms with Crippen LogP contribution in [0.25, 0.3) is 11.6 Å². The fourth-order valence-corrected chi connectivity index (χ4v) is 3.90. The highest BCUT2D eigenvalue weighted by atomic mass is 35.5. The second-order valence-electron chi connectivity index (χ2n) is 8.52. The maximum absolute atomic E-state index is 13.6. The van der Waals surface area contributed by atoms with E-state index in [1.165, 1.54) is 26.0 Å². The third-order valence-electron chi connectivity index (χ3n) is 5.58. The molecule has 2 N–H and O–H groups in total. The minimum atomic E-state index is -2.98. The second-order valence-corrected chi connectivity index (χ2v) is 8.93. The number of carboxylic acids is 1. The quantitative estimate of drug-likeness (QED) is 0.486. The van der Waals surface area contributed by atoms with Gasteiger partial charge in [-0.15, -0.1) is 0 Å². The van der Waals surface area contributed by atoms with Gasteiger partial charge >= 0.3 is 5.97 Å². The van der Waals surface area contributed by atoms with Crippen LogP contribution in [0.15, 0.2) is 28.8 Å². The second kappa shape index (κ2) is 8.42. The molecule has 34 heavy (non-hydrogen) atoms. The molecule has 4 rings (SSSR count). The lowest BCUT2D eigenvalue weighted by atomic mass is 9.95. The molecular weight excluding hydrogens is 479 g/mol. The molecule has 1 aliphatic rings. The van der Waals surface area contributed by atoms with Gasteiger partial charge in [0, 0.05) is 5.02 Å². The van der Waals surface area contributed by atoms with Crippen LogP contribution in [0.2, 0.25) is 5.02 Å². The Balaban J connectivity index is 1.60. The van der Waals surface area contributed by atoms with Gasteiger partial charge in [0.15, 0.2) is 11.5 Å². The summed E-state index contributed by atoms with van der Waals surface area (Å²) in [6, 6.07) is 5.02. The summed E-state index contributed by atoms with van der Waals surface area (Å²) in [5, 5.41) is 19.5. The molecule has 1 fully saturated rings. The Morgan fingerprint density at radius 3 is 2.62 bits per heavy atom. The van der Waals surface area contributed by atoms with E-state index in [0.29, 0.717) is 18.4 Å². The van der Waals surface area contributed by atoms with E-state index in [2.05, 4.69) is 20.6 Å². The molecule has 0 atom stereocenters. The number of amides is 1. The molecule has 0 bridgehead atoms. The van der Waals surface area contributed by atoms with Crippen molar-refractivity contribution < 1.29 is 32.4 Å². The highest BCUT2D eigenvalue weighted by Gasteiger charge is 2.51. The molecule has 180 valence electrons. The number of aliphatic carboxylic acids is 1. The Morgan fingerprint density at radius 2 is 2.03 bits per heavy atom. The van der Waals surface area contributed by atoms with Gasteiger partial charge in [-0.1, -0.05) is 22.8 Å². The molecule has 1 amide bonds. The minimum Gasteiger partial charge on any atom is -0.480 e. The van der Waals surface area contributed by atoms with Crippen LogP contribution < -0.4 is 5.32 Å². The summed E-state index contributed by atoms with van der Waals surface area (Å²) >= 11 is 6.20. The number of halogens is 4. The number of hydrogen-bond donors (Lipinski definition) is 2. The zero-order chi connectivity index (χ0) is 24.8. The molecule has 1 aromatic carbocycles. The van der Waals surface area contributed by atoms with E-state index < -0.39 is 47.3 Å². The standard InChI is InChI=1S/C21H19ClF3N5O4/c1-20(2,19(32)33)27-15(31)9-30-14(16(24)25)8-13(28-30)17-26-18(29-34-17)21(5-6-21)11-4-3-10(23)7-12(11)22/h3-4,7-8,16H,5-6,9H2,1-2H3,(H,27,31)(H,32,33). The monoisotopic (exact) mass is 497 g/mol. The van der Waals surface area contributed by atoms with Gasteiger partial charge in [-0.3, -0.25) is 9.48 Å². The summed E-state index contributed by atoms with van der Waals surface area (Å²) < 4.78 is 46.6. The average Bonchev–Trinajstić information content (AvgIpc) is 3.18. The maximum Gasteiger partial charge on any atom is 0.328 e. The van der Waals surface area contributed by atoms with Crippen molar-refractivity contribution in [3.05, 3.63) is 52.2 Å². The van der Waals surface area contributed by atoms with E-state index in [1.807, 2.05) is 0 Å². The van der Waals surface area contributed by atoms with Crippen LogP contribution in [0.4, 0.5) is 13.2 Å². The summed E-state index contributed by atoms with van der Waals surface area (Å²) in [6.07, 6.45) is -1.71. The van der Waals surface area contributed by atoms with Crippen molar-refractivity contribution in [2.24, 2.45) is 0 Å². The summed E-state index contributed by atoms with van der Waals surface area (Å²) in [5.41, 5.74) is -2.32. The lowest BCUT2D eigenvalue weighted by Crippen LogP contribution is -2.50. The van der Waals surface area contributed by atoms with Gasteiger partial charge in [-0.25, -0.2) is 18.0 Å². The smallest absolute Gasteiger partial charge is 0.328 e. The van der Waals surface area contributed by atoms with Gasteiger partial charge in [-0.05, 0) is 50.5 Å². The Morgan fingerprint density at radius 1 is 1.32 bits per heavy atom. The lowest BCUT2D eigenvalue weighted by molar-refractivity contribution is -0.146. The molecule has 1 aliphatic carbocycles. The summed E-state index contributed by atoms with van der Waals surface area (Å²) in [7, 11) is 0. The van der Waals surface area contributed by atoms with E-state index >= 15 is 0 Å². The number of carboxylic acid groups (broad SMARTS) is 1. The third kappa shape index (κ3) is 4.37. The zero-order valence-electron chi connectivity index (χ0n) is 18.0. The Bertz CT molecular complexity index is 1270. The van der Waals surface area contributed by atoms with E-state index in [9.17, 15) is 22.8 Å². The van der Waals surface area contributed by atoms with Crippen LogP contribution in [-0.4, -0.2) is 42.4 Å². The van der Waals surface area contributed by atoms with Crippen molar-refractivity contribution in [1.29, 1.82) is 0 Å². The summed E-state index contributed by atoms with van der Waals surface area (Å²) in [4.78, 5) is 27.7. The van der Waals surface area contributed by atoms with Gasteiger partial charge in [0.1, 0.15) is 23.6 Å². The molecule has 2 aromatic heterocycles. The number of nitrogens with one attached hydrogen (secondary N) is 1. The van der Waals surface area contributed by atoms with E-state index in [-0.39, 0.29) is 22.4 Å². The first-order chi connectivity index (χ1) is 15.9. The van der Waals surface area contributed by atoms with Crippen LogP contribution >= 0.6 is 11.6 Å². The van der Waals surface area contributed by atoms with E-state index in [0.717, 1.165) is 10.7 Å². The van der Waals surface area contributed by atoms with Crippen molar-refractivity contribution in [2.45, 2.75) is 50.6 Å². The number of nitrogens with zero attached hydrogens (tertiary/aromatic N) is 4. The van der Waals surface area contributed by atoms with E-state index in [1.54, 1.807) is 6.07 Å². The summed E-state index contributed by atoms with van der Waals surface area (Å²) in [5.74, 6) is -2.49. The topological polar surface area (TPSA) is 123 Å². The van der Waals surface area contributed by atoms with Gasteiger partial charge in [0.2, 0.25) is 5.91 Å². The van der Waals surface area contributed by atoms with Crippen molar-refractivity contribution >= 4 is 23.5 Å². The largest absolute Gasteiger partial charge is 0.480 e. The van der Waals surface area contributed by atoms with Gasteiger partial charge in [0.05, 0.1) is 5.41 Å². The van der Waals surface area contributed by atoms with Crippen LogP contribution in [0.3, 0.4) is 0 Å². The fraction of sp³-hybridized carbons (Fsp3) is 0.381. The predicted octanol–water partition coefficient (Wildman–Crippen LogP) is 3.72. The van der Waals surface area contributed by atoms with Crippen LogP contribution in [-0.2, 0) is 21.5 Å². The third-order valence-corrected chi connectivity index (χ3v) is 5.90. The van der Waals surface area contributed by atoms with Gasteiger partial charge in [0.25, 0.3) is 12.3 Å². The maximum atomic E-state index is 13.6. The van der Waals surface area contributed by atoms with Gasteiger partial charge in [-0.2, -0.15) is 10.1 Å². The molecule has 0 unspecified atom stereocenters. The number of rotatable bonds is 8. The molecule has 0 aliphatic heterocycles. The highest BCUT2D eigenvalue weighted by molar-refractivity contribution is 6.31. The van der Waals surface area contributed by atoms with Crippen LogP contribution in [0.5, 0.6) is 0 Å². The van der Waals surface area contributed by atoms with Crippen molar-refractivity contribution in [3.8, 4) is 11.6 Å². The van der Waals surface area contributed by atoms with E-state index in [4.69, 9.17) is 21.2 Å². The molecule has 13 heteroatoms. The van der Waals surface area contributed by atoms with Crippen molar-refractivity contribution in [3.63, 3.8) is 0 Å². The van der Waals surface area contributed by atoms with Crippen molar-refractivity contribution in [1.82, 2.24) is 25.2 Å². The molecule has 1 saturated carbocycles. The first-order valence-electron chi connectivity index (χ1n) is 10.1. The van der Waals surface area contributed by atoms with Crippen molar-refractivity contribution in [2.75, 3.05) is 0 Å². The first-order valence-corrected chi connectivity index (χ1v) is 10.5. The molecule has 9 nitrogen and oxygen atoms in total. The molecule has 0 saturated heterocycles. The number of aromatic nitrogens is 4. The lowest BCUT2D eigenvalue weighted by Gasteiger charge is -2.21. The highest BCUT2D eigenvalue weighted by Crippen LogP contribution is 2.54.